The number of hydrogen-bond acceptors (Lipinski definition) is 8. The number of aliphatic hydroxyl groups is 1. The number of aliphatic hydroxyl groups excluding tert-OH is 1. The van der Waals surface area contributed by atoms with Crippen molar-refractivity contribution in [3.63, 3.8) is 0 Å². The molecular formula is C52H28N6O2. The highest BCUT2D eigenvalue weighted by Crippen LogP contribution is 2.56. The van der Waals surface area contributed by atoms with E-state index >= 15 is 0 Å². The van der Waals surface area contributed by atoms with Gasteiger partial charge >= 0.3 is 0 Å². The molecule has 2 unspecified atom stereocenters. The van der Waals surface area contributed by atoms with Crippen molar-refractivity contribution in [2.45, 2.75) is 11.3 Å². The highest BCUT2D eigenvalue weighted by molar-refractivity contribution is 6.52. The number of carbonyl (C=O) groups excluding carboxylic acids is 1. The Kier molecular flexibility index (Phi) is 6.05. The molecule has 0 amide bonds. The van der Waals surface area contributed by atoms with Crippen molar-refractivity contribution < 1.29 is 9.90 Å². The SMILES string of the molecule is N#Cc1ccc2c(c1)-c1ccccc1C21N=c2cccc3cc/c(=C4\C(=O)C(c5ccc6cccc7c6c5NC5(N7)c6ccccc6-c6cc(C#N)ccc65)=C4O)c(c23)N1. The number of Topliss-reactive ketones (excluding diaryl/α,β-unsaturated/α-hetero) is 1. The Bertz CT molecular complexity index is 3670. The van der Waals surface area contributed by atoms with Gasteiger partial charge < -0.3 is 21.1 Å². The van der Waals surface area contributed by atoms with E-state index in [0.717, 1.165) is 82.8 Å². The molecule has 2 aliphatic heterocycles. The van der Waals surface area contributed by atoms with Crippen LogP contribution in [-0.2, 0) is 16.1 Å². The summed E-state index contributed by atoms with van der Waals surface area (Å²) in [6.45, 7) is 0. The molecule has 3 aliphatic carbocycles. The fourth-order valence-corrected chi connectivity index (χ4v) is 10.5. The Morgan fingerprint density at radius 3 is 1.93 bits per heavy atom. The van der Waals surface area contributed by atoms with Crippen LogP contribution in [0.3, 0.4) is 0 Å². The van der Waals surface area contributed by atoms with Crippen LogP contribution in [0.5, 0.6) is 0 Å². The Morgan fingerprint density at radius 1 is 0.533 bits per heavy atom. The second-order valence-corrected chi connectivity index (χ2v) is 16.0. The Balaban J connectivity index is 1.03. The van der Waals surface area contributed by atoms with E-state index in [0.29, 0.717) is 27.6 Å². The Hall–Kier alpha value is -8.46. The lowest BCUT2D eigenvalue weighted by atomic mass is 9.79. The lowest BCUT2D eigenvalue weighted by Gasteiger charge is -2.41. The van der Waals surface area contributed by atoms with Gasteiger partial charge in [-0.1, -0.05) is 109 Å². The zero-order chi connectivity index (χ0) is 40.1. The number of anilines is 3. The summed E-state index contributed by atoms with van der Waals surface area (Å²) in [6, 6.07) is 52.2. The number of fused-ring (bicyclic) bond motifs is 10. The van der Waals surface area contributed by atoms with Crippen LogP contribution in [0.2, 0.25) is 0 Å². The van der Waals surface area contributed by atoms with E-state index in [-0.39, 0.29) is 22.7 Å². The highest BCUT2D eigenvalue weighted by Gasteiger charge is 2.49. The number of ketones is 1. The van der Waals surface area contributed by atoms with E-state index in [1.807, 2.05) is 121 Å². The fraction of sp³-hybridized carbons (Fsp3) is 0.0385. The summed E-state index contributed by atoms with van der Waals surface area (Å²) in [7, 11) is 0. The first kappa shape index (κ1) is 32.6. The predicted octanol–water partition coefficient (Wildman–Crippen LogP) is 9.08. The lowest BCUT2D eigenvalue weighted by molar-refractivity contribution is -0.109. The van der Waals surface area contributed by atoms with Crippen LogP contribution in [0.4, 0.5) is 17.1 Å². The number of benzene rings is 8. The zero-order valence-corrected chi connectivity index (χ0v) is 31.6. The maximum absolute atomic E-state index is 14.9. The summed E-state index contributed by atoms with van der Waals surface area (Å²) in [4.78, 5) is 20.4. The largest absolute Gasteiger partial charge is 0.506 e. The summed E-state index contributed by atoms with van der Waals surface area (Å²) < 4.78 is 0. The van der Waals surface area contributed by atoms with Crippen LogP contribution in [-0.4, -0.2) is 10.9 Å². The minimum absolute atomic E-state index is 0.0781. The van der Waals surface area contributed by atoms with Gasteiger partial charge in [0, 0.05) is 49.5 Å². The third-order valence-corrected chi connectivity index (χ3v) is 13.1. The number of hydrogen-bond donors (Lipinski definition) is 4. The molecule has 4 N–H and O–H groups in total. The van der Waals surface area contributed by atoms with E-state index in [1.165, 1.54) is 0 Å². The predicted molar refractivity (Wildman–Crippen MR) is 232 cm³/mol. The Labute approximate surface area is 342 Å². The standard InChI is InChI=1S/C52H28N6O2/c53-25-27-15-21-39-35(23-27)31-9-1-3-11-37(31)51(39)55-41-13-5-7-29-17-19-33(47(57-51)43(29)41)45-49(59)46(50(45)60)34-20-18-30-8-6-14-42-44(30)48(34)58-52(56-42)38-12-4-2-10-32(38)36-24-28(26-54)16-22-40(36)52/h1-24,55,57-59H/b46-34+. The van der Waals surface area contributed by atoms with Crippen molar-refractivity contribution >= 4 is 55.5 Å². The van der Waals surface area contributed by atoms with Crippen LogP contribution < -0.4 is 26.5 Å². The summed E-state index contributed by atoms with van der Waals surface area (Å²) in [6.07, 6.45) is 0. The van der Waals surface area contributed by atoms with E-state index < -0.39 is 11.3 Å². The van der Waals surface area contributed by atoms with Crippen LogP contribution >= 0.6 is 0 Å². The molecule has 2 atom stereocenters. The first-order valence-electron chi connectivity index (χ1n) is 19.8. The monoisotopic (exact) mass is 768 g/mol. The van der Waals surface area contributed by atoms with Gasteiger partial charge in [-0.3, -0.25) is 4.79 Å². The minimum atomic E-state index is -1.04. The number of nitriles is 2. The van der Waals surface area contributed by atoms with Crippen molar-refractivity contribution in [1.29, 1.82) is 10.5 Å². The first-order chi connectivity index (χ1) is 29.4. The second-order valence-electron chi connectivity index (χ2n) is 16.0. The molecule has 8 heteroatoms. The van der Waals surface area contributed by atoms with Crippen molar-refractivity contribution in [3.05, 3.63) is 201 Å². The van der Waals surface area contributed by atoms with E-state index in [4.69, 9.17) is 4.99 Å². The molecule has 8 nitrogen and oxygen atoms in total. The summed E-state index contributed by atoms with van der Waals surface area (Å²) in [5, 5.41) is 48.6. The smallest absolute Gasteiger partial charge is 0.201 e. The summed E-state index contributed by atoms with van der Waals surface area (Å²) in [5.41, 5.74) is 10.2. The van der Waals surface area contributed by atoms with Crippen molar-refractivity contribution in [1.82, 2.24) is 0 Å². The van der Waals surface area contributed by atoms with Crippen LogP contribution in [0, 0.1) is 22.7 Å². The molecular weight excluding hydrogens is 741 g/mol. The maximum Gasteiger partial charge on any atom is 0.201 e. The van der Waals surface area contributed by atoms with E-state index in [9.17, 15) is 20.4 Å². The molecule has 0 radical (unpaired) electrons. The second kappa shape index (κ2) is 11.1. The number of nitrogens with one attached hydrogen (secondary N) is 3. The number of rotatable bonds is 1. The van der Waals surface area contributed by atoms with Gasteiger partial charge in [-0.05, 0) is 69.4 Å². The first-order valence-corrected chi connectivity index (χ1v) is 19.8. The molecule has 8 aromatic carbocycles. The van der Waals surface area contributed by atoms with Gasteiger partial charge in [-0.15, -0.1) is 0 Å². The van der Waals surface area contributed by atoms with Crippen molar-refractivity contribution in [2.24, 2.45) is 4.99 Å². The minimum Gasteiger partial charge on any atom is -0.506 e. The van der Waals surface area contributed by atoms with Gasteiger partial charge in [0.15, 0.2) is 11.3 Å². The van der Waals surface area contributed by atoms with Gasteiger partial charge in [-0.25, -0.2) is 4.99 Å². The molecule has 0 saturated heterocycles. The fourth-order valence-electron chi connectivity index (χ4n) is 10.5. The van der Waals surface area contributed by atoms with Gasteiger partial charge in [0.25, 0.3) is 0 Å². The Morgan fingerprint density at radius 2 is 1.17 bits per heavy atom. The molecule has 2 heterocycles. The topological polar surface area (TPSA) is 133 Å². The van der Waals surface area contributed by atoms with E-state index in [1.54, 1.807) is 0 Å². The molecule has 0 saturated carbocycles. The molecule has 0 fully saturated rings. The molecule has 8 aromatic rings. The molecule has 13 rings (SSSR count). The maximum atomic E-state index is 14.9. The normalized spacial score (nSPS) is 20.2. The third-order valence-electron chi connectivity index (χ3n) is 13.1. The summed E-state index contributed by atoms with van der Waals surface area (Å²) in [5.74, 6) is -0.344. The average molecular weight is 769 g/mol. The molecule has 0 aromatic heterocycles. The molecule has 278 valence electrons. The van der Waals surface area contributed by atoms with Crippen LogP contribution in [0.25, 0.3) is 54.9 Å². The quantitative estimate of drug-likeness (QED) is 0.131. The number of allylic oxidation sites excluding steroid dienone is 2. The lowest BCUT2D eigenvalue weighted by Crippen LogP contribution is -2.45. The van der Waals surface area contributed by atoms with Gasteiger partial charge in [-0.2, -0.15) is 10.5 Å². The number of nitrogens with zero attached hydrogens (tertiary/aromatic N) is 3. The van der Waals surface area contributed by atoms with Crippen molar-refractivity contribution in [2.75, 3.05) is 16.0 Å². The van der Waals surface area contributed by atoms with Crippen molar-refractivity contribution in [3.8, 4) is 34.4 Å². The van der Waals surface area contributed by atoms with Gasteiger partial charge in [0.05, 0.1) is 51.1 Å². The molecule has 60 heavy (non-hydrogen) atoms. The van der Waals surface area contributed by atoms with E-state index in [2.05, 4.69) is 52.4 Å². The zero-order valence-electron chi connectivity index (χ0n) is 31.6. The molecule has 2 spiro atoms. The number of carbonyl (C=O) groups is 1. The van der Waals surface area contributed by atoms with Gasteiger partial charge in [0.1, 0.15) is 5.76 Å². The van der Waals surface area contributed by atoms with Crippen LogP contribution in [0.1, 0.15) is 38.9 Å². The van der Waals surface area contributed by atoms with Crippen LogP contribution in [0.15, 0.2) is 156 Å². The highest BCUT2D eigenvalue weighted by atomic mass is 16.3. The summed E-state index contributed by atoms with van der Waals surface area (Å²) >= 11 is 0. The molecule has 5 aliphatic rings. The average Bonchev–Trinajstić information content (AvgIpc) is 3.70. The van der Waals surface area contributed by atoms with Gasteiger partial charge in [0.2, 0.25) is 5.78 Å². The molecule has 0 bridgehead atoms. The third kappa shape index (κ3) is 3.88.